The molecule has 1 saturated heterocycles. The Hall–Kier alpha value is -1.92. The Balaban J connectivity index is 1.76. The minimum atomic E-state index is -0.00461. The van der Waals surface area contributed by atoms with Crippen molar-refractivity contribution < 1.29 is 14.3 Å². The zero-order valence-electron chi connectivity index (χ0n) is 12.1. The smallest absolute Gasteiger partial charge is 0.272 e. The van der Waals surface area contributed by atoms with E-state index >= 15 is 0 Å². The van der Waals surface area contributed by atoms with Crippen LogP contribution in [0.3, 0.4) is 0 Å². The van der Waals surface area contributed by atoms with E-state index in [-0.39, 0.29) is 12.0 Å². The van der Waals surface area contributed by atoms with Gasteiger partial charge in [-0.25, -0.2) is 4.52 Å². The fraction of sp³-hybridized carbons (Fsp3) is 0.467. The molecule has 1 atom stereocenters. The van der Waals surface area contributed by atoms with E-state index in [1.54, 1.807) is 17.8 Å². The van der Waals surface area contributed by atoms with E-state index in [2.05, 4.69) is 5.10 Å². The summed E-state index contributed by atoms with van der Waals surface area (Å²) in [4.78, 5) is 14.5. The third-order valence-electron chi connectivity index (χ3n) is 3.71. The minimum Gasteiger partial charge on any atom is -0.385 e. The maximum Gasteiger partial charge on any atom is 0.272 e. The van der Waals surface area contributed by atoms with Crippen molar-refractivity contribution in [1.82, 2.24) is 14.5 Å². The fourth-order valence-electron chi connectivity index (χ4n) is 2.60. The number of morpholine rings is 1. The number of methoxy groups -OCH3 is 1. The van der Waals surface area contributed by atoms with Crippen molar-refractivity contribution in [2.45, 2.75) is 12.5 Å². The summed E-state index contributed by atoms with van der Waals surface area (Å²) < 4.78 is 12.4. The second kappa shape index (κ2) is 6.24. The highest BCUT2D eigenvalue weighted by atomic mass is 16.5. The Morgan fingerprint density at radius 1 is 1.48 bits per heavy atom. The maximum atomic E-state index is 12.7. The summed E-state index contributed by atoms with van der Waals surface area (Å²) in [5.41, 5.74) is 1.51. The summed E-state index contributed by atoms with van der Waals surface area (Å²) >= 11 is 0. The van der Waals surface area contributed by atoms with Crippen LogP contribution >= 0.6 is 0 Å². The summed E-state index contributed by atoms with van der Waals surface area (Å²) in [6.45, 7) is 2.41. The number of aromatic nitrogens is 2. The Bertz CT molecular complexity index is 625. The highest BCUT2D eigenvalue weighted by Crippen LogP contribution is 2.14. The standard InChI is InChI=1S/C15H19N3O3/c1-20-9-6-13-11-17(8-10-21-13)15(19)14-4-2-3-12-5-7-16-18(12)14/h2-5,7,13H,6,8-11H2,1H3/t13-/m1/s1. The molecule has 0 radical (unpaired) electrons. The van der Waals surface area contributed by atoms with Gasteiger partial charge in [0.25, 0.3) is 5.91 Å². The summed E-state index contributed by atoms with van der Waals surface area (Å²) in [6, 6.07) is 7.51. The molecule has 1 amide bonds. The number of hydrogen-bond acceptors (Lipinski definition) is 4. The first-order chi connectivity index (χ1) is 10.3. The molecule has 1 aliphatic heterocycles. The highest BCUT2D eigenvalue weighted by Gasteiger charge is 2.26. The van der Waals surface area contributed by atoms with Gasteiger partial charge >= 0.3 is 0 Å². The van der Waals surface area contributed by atoms with Crippen LogP contribution in [0.2, 0.25) is 0 Å². The Morgan fingerprint density at radius 2 is 2.38 bits per heavy atom. The van der Waals surface area contributed by atoms with Gasteiger partial charge in [-0.05, 0) is 24.6 Å². The molecule has 6 nitrogen and oxygen atoms in total. The molecule has 1 aliphatic rings. The molecule has 6 heteroatoms. The van der Waals surface area contributed by atoms with Crippen molar-refractivity contribution in [3.05, 3.63) is 36.2 Å². The molecule has 0 unspecified atom stereocenters. The van der Waals surface area contributed by atoms with Crippen LogP contribution in [0, 0.1) is 0 Å². The molecule has 0 spiro atoms. The molecule has 1 fully saturated rings. The quantitative estimate of drug-likeness (QED) is 0.849. The normalized spacial score (nSPS) is 19.1. The van der Waals surface area contributed by atoms with Gasteiger partial charge in [0.05, 0.1) is 24.4 Å². The van der Waals surface area contributed by atoms with Crippen molar-refractivity contribution in [2.24, 2.45) is 0 Å². The molecule has 21 heavy (non-hydrogen) atoms. The van der Waals surface area contributed by atoms with E-state index < -0.39 is 0 Å². The summed E-state index contributed by atoms with van der Waals surface area (Å²) in [6.07, 6.45) is 2.54. The average molecular weight is 289 g/mol. The number of amides is 1. The lowest BCUT2D eigenvalue weighted by atomic mass is 10.2. The zero-order chi connectivity index (χ0) is 14.7. The van der Waals surface area contributed by atoms with Gasteiger partial charge in [0, 0.05) is 26.8 Å². The average Bonchev–Trinajstić information content (AvgIpc) is 3.01. The third kappa shape index (κ3) is 2.91. The van der Waals surface area contributed by atoms with E-state index in [4.69, 9.17) is 9.47 Å². The minimum absolute atomic E-state index is 0.00461. The van der Waals surface area contributed by atoms with Gasteiger partial charge in [-0.3, -0.25) is 4.79 Å². The molecule has 0 N–H and O–H groups in total. The number of rotatable bonds is 4. The number of hydrogen-bond donors (Lipinski definition) is 0. The summed E-state index contributed by atoms with van der Waals surface area (Å²) in [5, 5.41) is 4.22. The van der Waals surface area contributed by atoms with Crippen molar-refractivity contribution in [3.63, 3.8) is 0 Å². The molecular formula is C15H19N3O3. The lowest BCUT2D eigenvalue weighted by Crippen LogP contribution is -2.46. The van der Waals surface area contributed by atoms with Gasteiger partial charge in [0.15, 0.2) is 0 Å². The van der Waals surface area contributed by atoms with Crippen molar-refractivity contribution >= 4 is 11.4 Å². The third-order valence-corrected chi connectivity index (χ3v) is 3.71. The number of ether oxygens (including phenoxy) is 2. The molecule has 3 rings (SSSR count). The lowest BCUT2D eigenvalue weighted by Gasteiger charge is -2.33. The van der Waals surface area contributed by atoms with Crippen molar-refractivity contribution in [1.29, 1.82) is 0 Å². The van der Waals surface area contributed by atoms with Gasteiger partial charge in [-0.15, -0.1) is 0 Å². The predicted octanol–water partition coefficient (Wildman–Crippen LogP) is 1.21. The molecule has 3 heterocycles. The van der Waals surface area contributed by atoms with Crippen molar-refractivity contribution in [3.8, 4) is 0 Å². The lowest BCUT2D eigenvalue weighted by molar-refractivity contribution is -0.0335. The number of nitrogens with zero attached hydrogens (tertiary/aromatic N) is 3. The van der Waals surface area contributed by atoms with Crippen LogP contribution in [-0.4, -0.2) is 59.9 Å². The second-order valence-corrected chi connectivity index (χ2v) is 5.10. The maximum absolute atomic E-state index is 12.7. The number of fused-ring (bicyclic) bond motifs is 1. The van der Waals surface area contributed by atoms with E-state index in [0.717, 1.165) is 11.9 Å². The van der Waals surface area contributed by atoms with Crippen molar-refractivity contribution in [2.75, 3.05) is 33.4 Å². The van der Waals surface area contributed by atoms with E-state index in [9.17, 15) is 4.79 Å². The van der Waals surface area contributed by atoms with Crippen LogP contribution in [0.5, 0.6) is 0 Å². The highest BCUT2D eigenvalue weighted by molar-refractivity contribution is 5.93. The van der Waals surface area contributed by atoms with Crippen LogP contribution in [0.1, 0.15) is 16.9 Å². The van der Waals surface area contributed by atoms with Gasteiger partial charge < -0.3 is 14.4 Å². The van der Waals surface area contributed by atoms with Gasteiger partial charge in [0.1, 0.15) is 5.69 Å². The van der Waals surface area contributed by atoms with E-state index in [1.807, 2.05) is 29.2 Å². The van der Waals surface area contributed by atoms with Crippen LogP contribution in [0.25, 0.3) is 5.52 Å². The first-order valence-electron chi connectivity index (χ1n) is 7.12. The van der Waals surface area contributed by atoms with E-state index in [1.165, 1.54) is 0 Å². The topological polar surface area (TPSA) is 56.1 Å². The first-order valence-corrected chi connectivity index (χ1v) is 7.12. The van der Waals surface area contributed by atoms with Gasteiger partial charge in [-0.2, -0.15) is 5.10 Å². The molecule has 0 aromatic carbocycles. The monoisotopic (exact) mass is 289 g/mol. The molecule has 112 valence electrons. The van der Waals surface area contributed by atoms with E-state index in [0.29, 0.717) is 32.0 Å². The Kier molecular flexibility index (Phi) is 4.17. The molecule has 0 bridgehead atoms. The predicted molar refractivity (Wildman–Crippen MR) is 77.3 cm³/mol. The molecule has 0 saturated carbocycles. The summed E-state index contributed by atoms with van der Waals surface area (Å²) in [5.74, 6) is -0.00461. The Labute approximate surface area is 123 Å². The molecule has 0 aliphatic carbocycles. The first kappa shape index (κ1) is 14.0. The van der Waals surface area contributed by atoms with Crippen LogP contribution in [0.4, 0.5) is 0 Å². The number of pyridine rings is 1. The fourth-order valence-corrected chi connectivity index (χ4v) is 2.60. The van der Waals surface area contributed by atoms with Gasteiger partial charge in [-0.1, -0.05) is 6.07 Å². The molecule has 2 aromatic rings. The summed E-state index contributed by atoms with van der Waals surface area (Å²) in [7, 11) is 1.67. The van der Waals surface area contributed by atoms with Crippen LogP contribution in [-0.2, 0) is 9.47 Å². The van der Waals surface area contributed by atoms with Gasteiger partial charge in [0.2, 0.25) is 0 Å². The van der Waals surface area contributed by atoms with Crippen LogP contribution < -0.4 is 0 Å². The molecular weight excluding hydrogens is 270 g/mol. The Morgan fingerprint density at radius 3 is 3.24 bits per heavy atom. The molecule has 2 aromatic heterocycles. The van der Waals surface area contributed by atoms with Crippen LogP contribution in [0.15, 0.2) is 30.5 Å². The largest absolute Gasteiger partial charge is 0.385 e. The SMILES string of the molecule is COCC[C@@H]1CN(C(=O)c2cccc3ccnn23)CCO1. The number of carbonyl (C=O) groups is 1. The second-order valence-electron chi connectivity index (χ2n) is 5.10. The number of carbonyl (C=O) groups excluding carboxylic acids is 1. The zero-order valence-corrected chi connectivity index (χ0v) is 12.1.